The molecule has 0 saturated heterocycles. The molecule has 1 amide bonds. The third-order valence-corrected chi connectivity index (χ3v) is 5.33. The summed E-state index contributed by atoms with van der Waals surface area (Å²) in [5, 5.41) is 14.7. The number of hydrogen-bond acceptors (Lipinski definition) is 8. The zero-order chi connectivity index (χ0) is 18.9. The van der Waals surface area contributed by atoms with Gasteiger partial charge in [0.1, 0.15) is 0 Å². The number of Topliss-reactive ketones (excluding diaryl/α,β-unsaturated/α-hetero) is 1. The molecular formula is C17H22N4O3S2. The van der Waals surface area contributed by atoms with Crippen molar-refractivity contribution in [3.8, 4) is 0 Å². The first-order valence-electron chi connectivity index (χ1n) is 8.13. The number of amides is 1. The van der Waals surface area contributed by atoms with E-state index in [9.17, 15) is 9.59 Å². The SMILES string of the molecule is COCCNc1nnc(SCC(=O)c2ccc(NC(=O)C(C)C)cc2)s1. The van der Waals surface area contributed by atoms with E-state index < -0.39 is 0 Å². The van der Waals surface area contributed by atoms with Gasteiger partial charge in [-0.3, -0.25) is 9.59 Å². The Labute approximate surface area is 160 Å². The Morgan fingerprint density at radius 3 is 2.62 bits per heavy atom. The lowest BCUT2D eigenvalue weighted by Crippen LogP contribution is -2.17. The number of rotatable bonds is 10. The van der Waals surface area contributed by atoms with E-state index in [1.54, 1.807) is 31.4 Å². The van der Waals surface area contributed by atoms with Crippen LogP contribution < -0.4 is 10.6 Å². The fraction of sp³-hybridized carbons (Fsp3) is 0.412. The molecule has 0 spiro atoms. The fourth-order valence-electron chi connectivity index (χ4n) is 1.84. The van der Waals surface area contributed by atoms with Crippen LogP contribution in [0.3, 0.4) is 0 Å². The molecule has 1 heterocycles. The summed E-state index contributed by atoms with van der Waals surface area (Å²) >= 11 is 2.76. The van der Waals surface area contributed by atoms with Crippen molar-refractivity contribution in [3.05, 3.63) is 29.8 Å². The summed E-state index contributed by atoms with van der Waals surface area (Å²) < 4.78 is 5.70. The van der Waals surface area contributed by atoms with Crippen LogP contribution in [-0.4, -0.2) is 47.9 Å². The van der Waals surface area contributed by atoms with Crippen molar-refractivity contribution in [2.24, 2.45) is 5.92 Å². The number of benzene rings is 1. The third-order valence-electron chi connectivity index (χ3n) is 3.31. The standard InChI is InChI=1S/C17H22N4O3S2/c1-11(2)15(23)19-13-6-4-12(5-7-13)14(22)10-25-17-21-20-16(26-17)18-8-9-24-3/h4-7,11H,8-10H2,1-3H3,(H,18,20)(H,19,23). The minimum Gasteiger partial charge on any atom is -0.383 e. The van der Waals surface area contributed by atoms with E-state index in [4.69, 9.17) is 4.74 Å². The van der Waals surface area contributed by atoms with Crippen LogP contribution in [0.2, 0.25) is 0 Å². The largest absolute Gasteiger partial charge is 0.383 e. The number of methoxy groups -OCH3 is 1. The van der Waals surface area contributed by atoms with Gasteiger partial charge in [0.2, 0.25) is 11.0 Å². The summed E-state index contributed by atoms with van der Waals surface area (Å²) in [6, 6.07) is 6.91. The van der Waals surface area contributed by atoms with E-state index in [1.165, 1.54) is 23.1 Å². The van der Waals surface area contributed by atoms with E-state index in [-0.39, 0.29) is 23.4 Å². The number of hydrogen-bond donors (Lipinski definition) is 2. The number of ketones is 1. The topological polar surface area (TPSA) is 93.2 Å². The molecule has 0 bridgehead atoms. The maximum atomic E-state index is 12.3. The molecule has 0 saturated carbocycles. The average molecular weight is 395 g/mol. The molecule has 2 rings (SSSR count). The normalized spacial score (nSPS) is 10.8. The molecule has 1 aromatic carbocycles. The van der Waals surface area contributed by atoms with E-state index in [2.05, 4.69) is 20.8 Å². The monoisotopic (exact) mass is 394 g/mol. The maximum Gasteiger partial charge on any atom is 0.226 e. The fourth-order valence-corrected chi connectivity index (χ4v) is 3.51. The van der Waals surface area contributed by atoms with Gasteiger partial charge in [-0.25, -0.2) is 0 Å². The number of ether oxygens (including phenoxy) is 1. The second kappa shape index (κ2) is 10.2. The van der Waals surface area contributed by atoms with Crippen LogP contribution in [0.1, 0.15) is 24.2 Å². The van der Waals surface area contributed by atoms with Crippen molar-refractivity contribution in [1.82, 2.24) is 10.2 Å². The summed E-state index contributed by atoms with van der Waals surface area (Å²) in [6.45, 7) is 4.91. The van der Waals surface area contributed by atoms with E-state index >= 15 is 0 Å². The van der Waals surface area contributed by atoms with Crippen LogP contribution in [-0.2, 0) is 9.53 Å². The van der Waals surface area contributed by atoms with Crippen LogP contribution in [0.5, 0.6) is 0 Å². The van der Waals surface area contributed by atoms with Crippen molar-refractivity contribution in [2.45, 2.75) is 18.2 Å². The van der Waals surface area contributed by atoms with Crippen molar-refractivity contribution >= 4 is 45.6 Å². The van der Waals surface area contributed by atoms with Crippen molar-refractivity contribution in [2.75, 3.05) is 36.6 Å². The highest BCUT2D eigenvalue weighted by Crippen LogP contribution is 2.26. The zero-order valence-electron chi connectivity index (χ0n) is 14.9. The lowest BCUT2D eigenvalue weighted by Gasteiger charge is -2.08. The highest BCUT2D eigenvalue weighted by Gasteiger charge is 2.11. The van der Waals surface area contributed by atoms with E-state index in [0.29, 0.717) is 29.5 Å². The quantitative estimate of drug-likeness (QED) is 0.363. The highest BCUT2D eigenvalue weighted by molar-refractivity contribution is 8.01. The lowest BCUT2D eigenvalue weighted by molar-refractivity contribution is -0.118. The molecule has 140 valence electrons. The zero-order valence-corrected chi connectivity index (χ0v) is 16.6. The average Bonchev–Trinajstić information content (AvgIpc) is 3.08. The van der Waals surface area contributed by atoms with Gasteiger partial charge in [0.25, 0.3) is 0 Å². The molecule has 9 heteroatoms. The van der Waals surface area contributed by atoms with Gasteiger partial charge in [0, 0.05) is 30.8 Å². The maximum absolute atomic E-state index is 12.3. The summed E-state index contributed by atoms with van der Waals surface area (Å²) in [4.78, 5) is 24.0. The van der Waals surface area contributed by atoms with Crippen molar-refractivity contribution in [1.29, 1.82) is 0 Å². The van der Waals surface area contributed by atoms with Gasteiger partial charge in [-0.15, -0.1) is 10.2 Å². The number of carbonyl (C=O) groups excluding carboxylic acids is 2. The van der Waals surface area contributed by atoms with Gasteiger partial charge in [0.05, 0.1) is 12.4 Å². The minimum absolute atomic E-state index is 0.000767. The van der Waals surface area contributed by atoms with Crippen LogP contribution in [0, 0.1) is 5.92 Å². The predicted octanol–water partition coefficient (Wildman–Crippen LogP) is 3.17. The Balaban J connectivity index is 1.83. The molecule has 0 atom stereocenters. The molecule has 0 aliphatic carbocycles. The summed E-state index contributed by atoms with van der Waals surface area (Å²) in [5.74, 6) is 0.143. The Kier molecular flexibility index (Phi) is 8.02. The van der Waals surface area contributed by atoms with Crippen LogP contribution >= 0.6 is 23.1 Å². The molecule has 0 radical (unpaired) electrons. The number of nitrogens with one attached hydrogen (secondary N) is 2. The second-order valence-corrected chi connectivity index (χ2v) is 7.93. The summed E-state index contributed by atoms with van der Waals surface area (Å²) in [5.41, 5.74) is 1.28. The predicted molar refractivity (Wildman–Crippen MR) is 105 cm³/mol. The van der Waals surface area contributed by atoms with Gasteiger partial charge in [0.15, 0.2) is 10.1 Å². The molecule has 2 N–H and O–H groups in total. The van der Waals surface area contributed by atoms with Crippen molar-refractivity contribution in [3.63, 3.8) is 0 Å². The summed E-state index contributed by atoms with van der Waals surface area (Å²) in [7, 11) is 1.64. The number of carbonyl (C=O) groups is 2. The number of thioether (sulfide) groups is 1. The third kappa shape index (κ3) is 6.40. The first-order valence-corrected chi connectivity index (χ1v) is 9.93. The first-order chi connectivity index (χ1) is 12.5. The molecule has 0 aliphatic rings. The smallest absolute Gasteiger partial charge is 0.226 e. The van der Waals surface area contributed by atoms with Crippen LogP contribution in [0.15, 0.2) is 28.6 Å². The Morgan fingerprint density at radius 2 is 1.96 bits per heavy atom. The molecular weight excluding hydrogens is 372 g/mol. The Bertz CT molecular complexity index is 732. The van der Waals surface area contributed by atoms with E-state index in [1.807, 2.05) is 13.8 Å². The Hall–Kier alpha value is -1.97. The van der Waals surface area contributed by atoms with E-state index in [0.717, 1.165) is 4.34 Å². The number of nitrogens with zero attached hydrogens (tertiary/aromatic N) is 2. The molecule has 7 nitrogen and oxygen atoms in total. The van der Waals surface area contributed by atoms with Gasteiger partial charge in [-0.05, 0) is 24.3 Å². The van der Waals surface area contributed by atoms with Crippen LogP contribution in [0.25, 0.3) is 0 Å². The highest BCUT2D eigenvalue weighted by atomic mass is 32.2. The molecule has 0 unspecified atom stereocenters. The minimum atomic E-state index is -0.0894. The molecule has 2 aromatic rings. The number of aromatic nitrogens is 2. The van der Waals surface area contributed by atoms with Gasteiger partial charge < -0.3 is 15.4 Å². The summed E-state index contributed by atoms with van der Waals surface area (Å²) in [6.07, 6.45) is 0. The van der Waals surface area contributed by atoms with Crippen LogP contribution in [0.4, 0.5) is 10.8 Å². The molecule has 1 aromatic heterocycles. The van der Waals surface area contributed by atoms with Crippen molar-refractivity contribution < 1.29 is 14.3 Å². The molecule has 26 heavy (non-hydrogen) atoms. The molecule has 0 fully saturated rings. The van der Waals surface area contributed by atoms with Gasteiger partial charge in [-0.1, -0.05) is 36.9 Å². The van der Waals surface area contributed by atoms with Gasteiger partial charge in [-0.2, -0.15) is 0 Å². The lowest BCUT2D eigenvalue weighted by atomic mass is 10.1. The van der Waals surface area contributed by atoms with Gasteiger partial charge >= 0.3 is 0 Å². The second-order valence-electron chi connectivity index (χ2n) is 5.73. The molecule has 0 aliphatic heterocycles. The first kappa shape index (κ1) is 20.3. The Morgan fingerprint density at radius 1 is 1.23 bits per heavy atom. The number of anilines is 2.